The number of ketones is 1. The number of carbonyl (C=O) groups excluding carboxylic acids is 1. The summed E-state index contributed by atoms with van der Waals surface area (Å²) in [6.07, 6.45) is -0.824. The molecule has 1 aliphatic heterocycles. The molecule has 0 spiro atoms. The second-order valence-electron chi connectivity index (χ2n) is 8.78. The Hall–Kier alpha value is -1.29. The van der Waals surface area contributed by atoms with Gasteiger partial charge in [-0.05, 0) is 36.4 Å². The molecule has 1 saturated heterocycles. The van der Waals surface area contributed by atoms with Gasteiger partial charge in [-0.25, -0.2) is 0 Å². The topological polar surface area (TPSA) is 58.6 Å². The molecule has 130 valence electrons. The SMILES string of the molecule is C[C@@H]1C[C@@H](C)OC2=C(C(C)(C)C)C([O-])C(=O)C(C(C)(C)C)=C2O1. The lowest BCUT2D eigenvalue weighted by molar-refractivity contribution is -0.393. The Morgan fingerprint density at radius 1 is 0.913 bits per heavy atom. The quantitative estimate of drug-likeness (QED) is 0.688. The number of Topliss-reactive ketones (excluding diaryl/α,β-unsaturated/α-hetero) is 1. The Labute approximate surface area is 139 Å². The van der Waals surface area contributed by atoms with E-state index in [2.05, 4.69) is 0 Å². The van der Waals surface area contributed by atoms with Crippen LogP contribution in [0.5, 0.6) is 0 Å². The van der Waals surface area contributed by atoms with Gasteiger partial charge in [-0.2, -0.15) is 0 Å². The van der Waals surface area contributed by atoms with Crippen molar-refractivity contribution >= 4 is 5.78 Å². The standard InChI is InChI=1S/C19H29O4/c1-10-9-11(2)23-17-13(19(6,7)8)15(21)14(20)12(16(17)22-10)18(3,4)5/h10-11,14H,9H2,1-8H3/q-1/t10-,11-,14?/m1/s1. The Kier molecular flexibility index (Phi) is 4.44. The molecule has 0 radical (unpaired) electrons. The number of fused-ring (bicyclic) bond motifs is 1. The molecule has 3 atom stereocenters. The summed E-state index contributed by atoms with van der Waals surface area (Å²) in [5.74, 6) is 0.599. The van der Waals surface area contributed by atoms with E-state index in [9.17, 15) is 9.90 Å². The molecule has 0 aromatic heterocycles. The molecule has 2 aliphatic rings. The van der Waals surface area contributed by atoms with E-state index in [-0.39, 0.29) is 18.0 Å². The fraction of sp³-hybridized carbons (Fsp3) is 0.737. The lowest BCUT2D eigenvalue weighted by atomic mass is 9.71. The smallest absolute Gasteiger partial charge is 0.168 e. The van der Waals surface area contributed by atoms with E-state index in [1.165, 1.54) is 0 Å². The molecular formula is C19H29O4-. The second-order valence-corrected chi connectivity index (χ2v) is 8.78. The number of hydrogen-bond donors (Lipinski definition) is 0. The van der Waals surface area contributed by atoms with Crippen LogP contribution in [0.4, 0.5) is 0 Å². The molecule has 4 heteroatoms. The summed E-state index contributed by atoms with van der Waals surface area (Å²) in [7, 11) is 0. The number of carbonyl (C=O) groups is 1. The van der Waals surface area contributed by atoms with E-state index in [1.807, 2.05) is 55.4 Å². The highest BCUT2D eigenvalue weighted by atomic mass is 16.6. The Bertz CT molecular complexity index is 569. The molecule has 1 heterocycles. The van der Waals surface area contributed by atoms with E-state index < -0.39 is 16.9 Å². The van der Waals surface area contributed by atoms with Crippen LogP contribution in [0.25, 0.3) is 0 Å². The van der Waals surface area contributed by atoms with Crippen molar-refractivity contribution in [1.82, 2.24) is 0 Å². The highest BCUT2D eigenvalue weighted by Crippen LogP contribution is 2.45. The predicted octanol–water partition coefficient (Wildman–Crippen LogP) is 3.11. The Balaban J connectivity index is 2.80. The Morgan fingerprint density at radius 3 is 1.83 bits per heavy atom. The maximum Gasteiger partial charge on any atom is 0.168 e. The fourth-order valence-corrected chi connectivity index (χ4v) is 3.37. The van der Waals surface area contributed by atoms with Crippen molar-refractivity contribution in [2.75, 3.05) is 0 Å². The van der Waals surface area contributed by atoms with Gasteiger partial charge < -0.3 is 14.6 Å². The third-order valence-corrected chi connectivity index (χ3v) is 4.28. The molecule has 0 aromatic rings. The summed E-state index contributed by atoms with van der Waals surface area (Å²) in [6, 6.07) is 0. The molecule has 1 aliphatic carbocycles. The summed E-state index contributed by atoms with van der Waals surface area (Å²) in [5.41, 5.74) is 0.0382. The zero-order valence-corrected chi connectivity index (χ0v) is 15.6. The molecule has 0 amide bonds. The molecule has 0 N–H and O–H groups in total. The average Bonchev–Trinajstić information content (AvgIpc) is 2.44. The lowest BCUT2D eigenvalue weighted by Crippen LogP contribution is -2.47. The third-order valence-electron chi connectivity index (χ3n) is 4.28. The van der Waals surface area contributed by atoms with Crippen molar-refractivity contribution in [1.29, 1.82) is 0 Å². The largest absolute Gasteiger partial charge is 0.843 e. The molecule has 4 nitrogen and oxygen atoms in total. The van der Waals surface area contributed by atoms with Crippen LogP contribution < -0.4 is 5.11 Å². The van der Waals surface area contributed by atoms with Gasteiger partial charge in [0.2, 0.25) is 0 Å². The van der Waals surface area contributed by atoms with Crippen molar-refractivity contribution < 1.29 is 19.4 Å². The molecule has 0 bridgehead atoms. The minimum absolute atomic E-state index is 0.0588. The monoisotopic (exact) mass is 321 g/mol. The van der Waals surface area contributed by atoms with Gasteiger partial charge in [-0.15, -0.1) is 0 Å². The van der Waals surface area contributed by atoms with Crippen molar-refractivity contribution in [3.05, 3.63) is 22.7 Å². The van der Waals surface area contributed by atoms with Gasteiger partial charge in [0.1, 0.15) is 0 Å². The minimum Gasteiger partial charge on any atom is -0.843 e. The van der Waals surface area contributed by atoms with Crippen LogP contribution in [0.3, 0.4) is 0 Å². The lowest BCUT2D eigenvalue weighted by Gasteiger charge is -2.42. The molecule has 2 rings (SSSR count). The van der Waals surface area contributed by atoms with Crippen LogP contribution >= 0.6 is 0 Å². The van der Waals surface area contributed by atoms with Gasteiger partial charge in [0, 0.05) is 12.0 Å². The van der Waals surface area contributed by atoms with Crippen molar-refractivity contribution in [3.63, 3.8) is 0 Å². The van der Waals surface area contributed by atoms with Crippen LogP contribution in [0.2, 0.25) is 0 Å². The van der Waals surface area contributed by atoms with Gasteiger partial charge in [0.05, 0.1) is 12.2 Å². The number of hydrogen-bond acceptors (Lipinski definition) is 4. The first-order chi connectivity index (χ1) is 10.3. The van der Waals surface area contributed by atoms with Crippen molar-refractivity contribution in [2.45, 2.75) is 80.1 Å². The van der Waals surface area contributed by atoms with Crippen LogP contribution in [-0.4, -0.2) is 24.1 Å². The summed E-state index contributed by atoms with van der Waals surface area (Å²) >= 11 is 0. The first-order valence-corrected chi connectivity index (χ1v) is 8.37. The summed E-state index contributed by atoms with van der Waals surface area (Å²) in [4.78, 5) is 12.8. The predicted molar refractivity (Wildman–Crippen MR) is 87.5 cm³/mol. The maximum absolute atomic E-state index is 12.9. The van der Waals surface area contributed by atoms with E-state index >= 15 is 0 Å². The molecule has 1 fully saturated rings. The van der Waals surface area contributed by atoms with E-state index in [0.29, 0.717) is 22.7 Å². The molecule has 0 aromatic carbocycles. The Morgan fingerprint density at radius 2 is 1.39 bits per heavy atom. The average molecular weight is 321 g/mol. The van der Waals surface area contributed by atoms with Crippen LogP contribution in [0, 0.1) is 10.8 Å². The van der Waals surface area contributed by atoms with E-state index in [0.717, 1.165) is 6.42 Å². The van der Waals surface area contributed by atoms with Crippen LogP contribution in [0.1, 0.15) is 61.8 Å². The van der Waals surface area contributed by atoms with Crippen molar-refractivity contribution in [2.24, 2.45) is 10.8 Å². The summed E-state index contributed by atoms with van der Waals surface area (Å²) in [5, 5.41) is 12.9. The van der Waals surface area contributed by atoms with E-state index in [4.69, 9.17) is 9.47 Å². The van der Waals surface area contributed by atoms with Crippen molar-refractivity contribution in [3.8, 4) is 0 Å². The number of rotatable bonds is 0. The third kappa shape index (κ3) is 3.32. The van der Waals surface area contributed by atoms with Crippen LogP contribution in [-0.2, 0) is 14.3 Å². The highest BCUT2D eigenvalue weighted by molar-refractivity contribution is 6.04. The maximum atomic E-state index is 12.9. The minimum atomic E-state index is -1.42. The van der Waals surface area contributed by atoms with Gasteiger partial charge in [-0.3, -0.25) is 4.79 Å². The first-order valence-electron chi connectivity index (χ1n) is 8.37. The first kappa shape index (κ1) is 18.1. The second kappa shape index (κ2) is 5.66. The molecule has 0 saturated carbocycles. The normalized spacial score (nSPS) is 29.8. The highest BCUT2D eigenvalue weighted by Gasteiger charge is 2.43. The van der Waals surface area contributed by atoms with E-state index in [1.54, 1.807) is 0 Å². The molecular weight excluding hydrogens is 292 g/mol. The van der Waals surface area contributed by atoms with Gasteiger partial charge >= 0.3 is 0 Å². The summed E-state index contributed by atoms with van der Waals surface area (Å²) in [6.45, 7) is 15.6. The zero-order chi connectivity index (χ0) is 17.7. The van der Waals surface area contributed by atoms with Gasteiger partial charge in [-0.1, -0.05) is 41.5 Å². The van der Waals surface area contributed by atoms with Gasteiger partial charge in [0.15, 0.2) is 17.3 Å². The zero-order valence-electron chi connectivity index (χ0n) is 15.6. The molecule has 23 heavy (non-hydrogen) atoms. The summed E-state index contributed by atoms with van der Waals surface area (Å²) < 4.78 is 12.2. The van der Waals surface area contributed by atoms with Crippen LogP contribution in [0.15, 0.2) is 22.7 Å². The fourth-order valence-electron chi connectivity index (χ4n) is 3.37. The van der Waals surface area contributed by atoms with Gasteiger partial charge in [0.25, 0.3) is 0 Å². The number of ether oxygens (including phenoxy) is 2. The molecule has 1 unspecified atom stereocenters.